The van der Waals surface area contributed by atoms with Gasteiger partial charge < -0.3 is 10.5 Å². The van der Waals surface area contributed by atoms with Crippen molar-refractivity contribution >= 4 is 0 Å². The Morgan fingerprint density at radius 2 is 2.00 bits per heavy atom. The highest BCUT2D eigenvalue weighted by molar-refractivity contribution is 5.14. The van der Waals surface area contributed by atoms with Gasteiger partial charge in [0.05, 0.1) is 6.61 Å². The fourth-order valence-electron chi connectivity index (χ4n) is 1.29. The monoisotopic (exact) mass is 179 g/mol. The molecule has 2 nitrogen and oxygen atoms in total. The molecule has 0 aliphatic heterocycles. The summed E-state index contributed by atoms with van der Waals surface area (Å²) < 4.78 is 4.97. The second kappa shape index (κ2) is 5.73. The van der Waals surface area contributed by atoms with Gasteiger partial charge in [0.2, 0.25) is 0 Å². The molecule has 0 bridgehead atoms. The lowest BCUT2D eigenvalue weighted by molar-refractivity contribution is 0.177. The van der Waals surface area contributed by atoms with Crippen molar-refractivity contribution in [2.45, 2.75) is 18.9 Å². The van der Waals surface area contributed by atoms with E-state index in [4.69, 9.17) is 10.5 Å². The van der Waals surface area contributed by atoms with Crippen LogP contribution < -0.4 is 5.73 Å². The van der Waals surface area contributed by atoms with Crippen LogP contribution in [0, 0.1) is 0 Å². The minimum atomic E-state index is 0.158. The van der Waals surface area contributed by atoms with Gasteiger partial charge in [-0.05, 0) is 18.4 Å². The maximum atomic E-state index is 5.81. The SMILES string of the molecule is COCC(N)CCc1ccccc1. The zero-order chi connectivity index (χ0) is 9.52. The van der Waals surface area contributed by atoms with Crippen molar-refractivity contribution in [2.75, 3.05) is 13.7 Å². The predicted molar refractivity (Wildman–Crippen MR) is 54.6 cm³/mol. The highest BCUT2D eigenvalue weighted by Crippen LogP contribution is 2.03. The number of aryl methyl sites for hydroxylation is 1. The van der Waals surface area contributed by atoms with Crippen molar-refractivity contribution in [1.82, 2.24) is 0 Å². The van der Waals surface area contributed by atoms with Crippen LogP contribution >= 0.6 is 0 Å². The first-order valence-corrected chi connectivity index (χ1v) is 4.61. The summed E-state index contributed by atoms with van der Waals surface area (Å²) in [6.45, 7) is 0.646. The molecule has 0 amide bonds. The molecule has 13 heavy (non-hydrogen) atoms. The molecule has 0 aromatic heterocycles. The van der Waals surface area contributed by atoms with E-state index in [2.05, 4.69) is 24.3 Å². The van der Waals surface area contributed by atoms with Gasteiger partial charge in [0.15, 0.2) is 0 Å². The summed E-state index contributed by atoms with van der Waals surface area (Å²) >= 11 is 0. The molecule has 0 saturated heterocycles. The lowest BCUT2D eigenvalue weighted by Crippen LogP contribution is -2.25. The van der Waals surface area contributed by atoms with E-state index in [9.17, 15) is 0 Å². The Kier molecular flexibility index (Phi) is 4.50. The van der Waals surface area contributed by atoms with Crippen LogP contribution in [0.2, 0.25) is 0 Å². The van der Waals surface area contributed by atoms with Crippen molar-refractivity contribution in [2.24, 2.45) is 5.73 Å². The first kappa shape index (κ1) is 10.2. The quantitative estimate of drug-likeness (QED) is 0.745. The van der Waals surface area contributed by atoms with E-state index in [1.165, 1.54) is 5.56 Å². The Bertz CT molecular complexity index is 223. The van der Waals surface area contributed by atoms with Crippen LogP contribution in [0.3, 0.4) is 0 Å². The first-order valence-electron chi connectivity index (χ1n) is 4.61. The third kappa shape index (κ3) is 4.06. The Hall–Kier alpha value is -0.860. The number of rotatable bonds is 5. The summed E-state index contributed by atoms with van der Waals surface area (Å²) in [7, 11) is 1.68. The van der Waals surface area contributed by atoms with Crippen LogP contribution in [-0.4, -0.2) is 19.8 Å². The van der Waals surface area contributed by atoms with Gasteiger partial charge in [-0.3, -0.25) is 0 Å². The molecule has 0 spiro atoms. The normalized spacial score (nSPS) is 12.8. The van der Waals surface area contributed by atoms with E-state index in [0.29, 0.717) is 6.61 Å². The van der Waals surface area contributed by atoms with E-state index in [1.54, 1.807) is 7.11 Å². The van der Waals surface area contributed by atoms with Crippen LogP contribution in [0.4, 0.5) is 0 Å². The molecule has 0 saturated carbocycles. The fourth-order valence-corrected chi connectivity index (χ4v) is 1.29. The van der Waals surface area contributed by atoms with Crippen LogP contribution in [0.1, 0.15) is 12.0 Å². The highest BCUT2D eigenvalue weighted by Gasteiger charge is 2.01. The smallest absolute Gasteiger partial charge is 0.0613 e. The minimum absolute atomic E-state index is 0.158. The average Bonchev–Trinajstić information content (AvgIpc) is 2.17. The highest BCUT2D eigenvalue weighted by atomic mass is 16.5. The molecule has 2 N–H and O–H groups in total. The number of methoxy groups -OCH3 is 1. The van der Waals surface area contributed by atoms with Gasteiger partial charge in [-0.1, -0.05) is 30.3 Å². The first-order chi connectivity index (χ1) is 6.33. The van der Waals surface area contributed by atoms with E-state index in [0.717, 1.165) is 12.8 Å². The summed E-state index contributed by atoms with van der Waals surface area (Å²) in [6, 6.07) is 10.5. The van der Waals surface area contributed by atoms with Gasteiger partial charge >= 0.3 is 0 Å². The van der Waals surface area contributed by atoms with Crippen molar-refractivity contribution < 1.29 is 4.74 Å². The molecule has 2 heteroatoms. The van der Waals surface area contributed by atoms with E-state index < -0.39 is 0 Å². The molecule has 1 unspecified atom stereocenters. The average molecular weight is 179 g/mol. The van der Waals surface area contributed by atoms with Crippen LogP contribution in [0.15, 0.2) is 30.3 Å². The van der Waals surface area contributed by atoms with Gasteiger partial charge in [-0.2, -0.15) is 0 Å². The Balaban J connectivity index is 2.27. The number of nitrogens with two attached hydrogens (primary N) is 1. The van der Waals surface area contributed by atoms with E-state index in [1.807, 2.05) is 6.07 Å². The molecule has 0 heterocycles. The molecule has 0 aliphatic carbocycles. The zero-order valence-corrected chi connectivity index (χ0v) is 8.07. The van der Waals surface area contributed by atoms with Crippen LogP contribution in [0.25, 0.3) is 0 Å². The molecule has 1 aromatic rings. The summed E-state index contributed by atoms with van der Waals surface area (Å²) in [6.07, 6.45) is 2.02. The summed E-state index contributed by atoms with van der Waals surface area (Å²) in [5.41, 5.74) is 7.15. The van der Waals surface area contributed by atoms with Crippen molar-refractivity contribution in [3.05, 3.63) is 35.9 Å². The third-order valence-electron chi connectivity index (χ3n) is 2.03. The standard InChI is InChI=1S/C11H17NO/c1-13-9-11(12)8-7-10-5-3-2-4-6-10/h2-6,11H,7-9,12H2,1H3. The summed E-state index contributed by atoms with van der Waals surface area (Å²) in [4.78, 5) is 0. The van der Waals surface area contributed by atoms with Crippen molar-refractivity contribution in [3.63, 3.8) is 0 Å². The molecule has 0 radical (unpaired) electrons. The second-order valence-corrected chi connectivity index (χ2v) is 3.24. The van der Waals surface area contributed by atoms with Gasteiger partial charge in [0, 0.05) is 13.2 Å². The largest absolute Gasteiger partial charge is 0.383 e. The predicted octanol–water partition coefficient (Wildman–Crippen LogP) is 1.59. The van der Waals surface area contributed by atoms with Gasteiger partial charge in [0.25, 0.3) is 0 Å². The van der Waals surface area contributed by atoms with Gasteiger partial charge in [0.1, 0.15) is 0 Å². The minimum Gasteiger partial charge on any atom is -0.383 e. The fraction of sp³-hybridized carbons (Fsp3) is 0.455. The Morgan fingerprint density at radius 3 is 2.62 bits per heavy atom. The van der Waals surface area contributed by atoms with Crippen molar-refractivity contribution in [3.8, 4) is 0 Å². The molecule has 1 rings (SSSR count). The number of hydrogen-bond acceptors (Lipinski definition) is 2. The maximum absolute atomic E-state index is 5.81. The van der Waals surface area contributed by atoms with Gasteiger partial charge in [-0.15, -0.1) is 0 Å². The van der Waals surface area contributed by atoms with E-state index >= 15 is 0 Å². The molecule has 72 valence electrons. The molecule has 0 aliphatic rings. The van der Waals surface area contributed by atoms with Crippen molar-refractivity contribution in [1.29, 1.82) is 0 Å². The molecule has 1 aromatic carbocycles. The molecular weight excluding hydrogens is 162 g/mol. The number of ether oxygens (including phenoxy) is 1. The number of benzene rings is 1. The van der Waals surface area contributed by atoms with Crippen LogP contribution in [0.5, 0.6) is 0 Å². The zero-order valence-electron chi connectivity index (χ0n) is 8.07. The third-order valence-corrected chi connectivity index (χ3v) is 2.03. The summed E-state index contributed by atoms with van der Waals surface area (Å²) in [5, 5.41) is 0. The van der Waals surface area contributed by atoms with E-state index in [-0.39, 0.29) is 6.04 Å². The molecule has 1 atom stereocenters. The summed E-state index contributed by atoms with van der Waals surface area (Å²) in [5.74, 6) is 0. The maximum Gasteiger partial charge on any atom is 0.0613 e. The Morgan fingerprint density at radius 1 is 1.31 bits per heavy atom. The lowest BCUT2D eigenvalue weighted by atomic mass is 10.1. The second-order valence-electron chi connectivity index (χ2n) is 3.24. The van der Waals surface area contributed by atoms with Gasteiger partial charge in [-0.25, -0.2) is 0 Å². The molecule has 0 fully saturated rings. The molecular formula is C11H17NO. The number of hydrogen-bond donors (Lipinski definition) is 1. The Labute approximate surface area is 79.7 Å². The topological polar surface area (TPSA) is 35.2 Å². The lowest BCUT2D eigenvalue weighted by Gasteiger charge is -2.09. The van der Waals surface area contributed by atoms with Crippen LogP contribution in [-0.2, 0) is 11.2 Å².